The lowest BCUT2D eigenvalue weighted by atomic mass is 9.96. The van der Waals surface area contributed by atoms with Gasteiger partial charge in [0.1, 0.15) is 28.7 Å². The highest BCUT2D eigenvalue weighted by atomic mass is 32.2. The van der Waals surface area contributed by atoms with E-state index in [-0.39, 0.29) is 11.7 Å². The van der Waals surface area contributed by atoms with E-state index in [1.165, 1.54) is 0 Å². The van der Waals surface area contributed by atoms with Gasteiger partial charge in [-0.05, 0) is 25.1 Å². The Morgan fingerprint density at radius 2 is 1.94 bits per heavy atom. The molecule has 3 aliphatic heterocycles. The van der Waals surface area contributed by atoms with E-state index in [0.717, 1.165) is 40.0 Å². The molecule has 0 N–H and O–H groups in total. The van der Waals surface area contributed by atoms with E-state index in [2.05, 4.69) is 29.6 Å². The van der Waals surface area contributed by atoms with Gasteiger partial charge in [-0.3, -0.25) is 9.19 Å². The standard InChI is InChI=1S/C24H29N4O4S/c1-16-19(25-9-8-21(16)30-12-22-31-14-24(2,3)15-32-22)13-33(29)23-26-18-6-4-5-7-20(18)27(23)28-10-17(28)11-28/h4-9,17,22H,10-15H2,1-3H3/q+1. The number of benzene rings is 1. The second kappa shape index (κ2) is 7.59. The number of imidazole rings is 1. The summed E-state index contributed by atoms with van der Waals surface area (Å²) >= 11 is 0. The van der Waals surface area contributed by atoms with Crippen LogP contribution < -0.4 is 9.33 Å². The summed E-state index contributed by atoms with van der Waals surface area (Å²) in [6.07, 6.45) is 1.32. The number of nitrogens with zero attached hydrogens (tertiary/aromatic N) is 4. The van der Waals surface area contributed by atoms with E-state index in [4.69, 9.17) is 19.2 Å². The third-order valence-electron chi connectivity index (χ3n) is 6.80. The number of rotatable bonds is 7. The van der Waals surface area contributed by atoms with E-state index in [1.54, 1.807) is 6.20 Å². The number of para-hydroxylation sites is 2. The quantitative estimate of drug-likeness (QED) is 0.391. The summed E-state index contributed by atoms with van der Waals surface area (Å²) in [6, 6.07) is 10.5. The summed E-state index contributed by atoms with van der Waals surface area (Å²) in [5, 5.41) is 0.635. The van der Waals surface area contributed by atoms with Crippen molar-refractivity contribution in [3.8, 4) is 5.75 Å². The van der Waals surface area contributed by atoms with E-state index >= 15 is 0 Å². The van der Waals surface area contributed by atoms with Gasteiger partial charge in [0.15, 0.2) is 19.4 Å². The maximum absolute atomic E-state index is 13.5. The average Bonchev–Trinajstić information content (AvgIpc) is 3.63. The average molecular weight is 470 g/mol. The fourth-order valence-electron chi connectivity index (χ4n) is 4.46. The first-order valence-electron chi connectivity index (χ1n) is 11.4. The second-order valence-corrected chi connectivity index (χ2v) is 11.4. The van der Waals surface area contributed by atoms with Crippen molar-refractivity contribution in [2.45, 2.75) is 44.0 Å². The molecule has 1 unspecified atom stereocenters. The summed E-state index contributed by atoms with van der Waals surface area (Å²) in [5.74, 6) is 1.00. The Bertz CT molecular complexity index is 1240. The lowest BCUT2D eigenvalue weighted by molar-refractivity contribution is -0.231. The Morgan fingerprint density at radius 3 is 2.67 bits per heavy atom. The van der Waals surface area contributed by atoms with E-state index in [0.29, 0.717) is 42.5 Å². The minimum atomic E-state index is -1.33. The van der Waals surface area contributed by atoms with Gasteiger partial charge in [-0.15, -0.1) is 0 Å². The van der Waals surface area contributed by atoms with Crippen LogP contribution in [0.3, 0.4) is 0 Å². The minimum absolute atomic E-state index is 0.0239. The van der Waals surface area contributed by atoms with Crippen LogP contribution in [0.15, 0.2) is 41.7 Å². The number of hydrogen-bond donors (Lipinski definition) is 0. The monoisotopic (exact) mass is 469 g/mol. The molecule has 9 heteroatoms. The first-order chi connectivity index (χ1) is 15.9. The Balaban J connectivity index is 1.20. The topological polar surface area (TPSA) is 75.5 Å². The maximum atomic E-state index is 13.5. The van der Waals surface area contributed by atoms with Crippen LogP contribution in [-0.2, 0) is 26.0 Å². The molecule has 0 saturated carbocycles. The Hall–Kier alpha value is -2.33. The highest BCUT2D eigenvalue weighted by molar-refractivity contribution is 7.84. The highest BCUT2D eigenvalue weighted by Gasteiger charge is 2.78. The Morgan fingerprint density at radius 1 is 1.21 bits per heavy atom. The van der Waals surface area contributed by atoms with Crippen molar-refractivity contribution in [1.82, 2.24) is 19.2 Å². The van der Waals surface area contributed by atoms with E-state index < -0.39 is 10.8 Å². The normalized spacial score (nSPS) is 26.7. The molecule has 8 nitrogen and oxygen atoms in total. The van der Waals surface area contributed by atoms with Crippen LogP contribution >= 0.6 is 0 Å². The first kappa shape index (κ1) is 21.2. The molecular weight excluding hydrogens is 440 g/mol. The number of hydrogen-bond acceptors (Lipinski definition) is 6. The minimum Gasteiger partial charge on any atom is -0.488 e. The number of quaternary nitrogens is 1. The van der Waals surface area contributed by atoms with Crippen LogP contribution in [-0.4, -0.2) is 64.1 Å². The summed E-state index contributed by atoms with van der Waals surface area (Å²) in [6.45, 7) is 9.98. The van der Waals surface area contributed by atoms with Crippen molar-refractivity contribution in [3.63, 3.8) is 0 Å². The van der Waals surface area contributed by atoms with Gasteiger partial charge in [-0.1, -0.05) is 26.0 Å². The van der Waals surface area contributed by atoms with Crippen LogP contribution in [0.4, 0.5) is 0 Å². The van der Waals surface area contributed by atoms with Crippen molar-refractivity contribution in [1.29, 1.82) is 0 Å². The summed E-state index contributed by atoms with van der Waals surface area (Å²) < 4.78 is 34.1. The number of fused-ring (bicyclic) bond motifs is 2. The van der Waals surface area contributed by atoms with Gasteiger partial charge < -0.3 is 14.2 Å². The fourth-order valence-corrected chi connectivity index (χ4v) is 5.79. The molecule has 1 aromatic carbocycles. The Labute approximate surface area is 195 Å². The smallest absolute Gasteiger partial charge is 0.249 e. The zero-order valence-corrected chi connectivity index (χ0v) is 20.0. The van der Waals surface area contributed by atoms with Gasteiger partial charge >= 0.3 is 0 Å². The van der Waals surface area contributed by atoms with Crippen molar-refractivity contribution in [2.24, 2.45) is 5.41 Å². The molecule has 3 saturated heterocycles. The second-order valence-electron chi connectivity index (χ2n) is 10.1. The van der Waals surface area contributed by atoms with Crippen molar-refractivity contribution < 1.29 is 18.4 Å². The summed E-state index contributed by atoms with van der Waals surface area (Å²) in [7, 11) is -1.33. The van der Waals surface area contributed by atoms with Gasteiger partial charge in [-0.25, -0.2) is 4.98 Å². The van der Waals surface area contributed by atoms with Gasteiger partial charge in [0.25, 0.3) is 0 Å². The molecule has 33 heavy (non-hydrogen) atoms. The van der Waals surface area contributed by atoms with Crippen LogP contribution in [0.5, 0.6) is 5.75 Å². The van der Waals surface area contributed by atoms with Crippen molar-refractivity contribution in [2.75, 3.05) is 32.9 Å². The molecular formula is C24H29N4O4S+. The molecule has 0 bridgehead atoms. The molecule has 0 amide bonds. The predicted molar refractivity (Wildman–Crippen MR) is 125 cm³/mol. The molecule has 6 rings (SSSR count). The lowest BCUT2D eigenvalue weighted by Crippen LogP contribution is -2.40. The number of pyridine rings is 1. The molecule has 0 spiro atoms. The maximum Gasteiger partial charge on any atom is 0.249 e. The van der Waals surface area contributed by atoms with Gasteiger partial charge in [-0.2, -0.15) is 9.27 Å². The SMILES string of the molecule is Cc1c(OCC2OCC(C)(C)CO2)ccnc1CS(=O)c1nc2ccccc2n1[N+]12CC1C2. The molecule has 3 fully saturated rings. The van der Waals surface area contributed by atoms with Gasteiger partial charge in [0.2, 0.25) is 11.2 Å². The third kappa shape index (κ3) is 3.77. The summed E-state index contributed by atoms with van der Waals surface area (Å²) in [4.78, 5) is 9.27. The predicted octanol–water partition coefficient (Wildman–Crippen LogP) is 2.66. The molecule has 3 aliphatic rings. The number of aromatic nitrogens is 3. The molecule has 5 heterocycles. The highest BCUT2D eigenvalue weighted by Crippen LogP contribution is 2.46. The first-order valence-corrected chi connectivity index (χ1v) is 12.7. The zero-order valence-electron chi connectivity index (χ0n) is 19.2. The molecule has 2 aromatic heterocycles. The van der Waals surface area contributed by atoms with E-state index in [1.807, 2.05) is 31.2 Å². The van der Waals surface area contributed by atoms with Crippen molar-refractivity contribution in [3.05, 3.63) is 47.8 Å². The van der Waals surface area contributed by atoms with Crippen LogP contribution in [0, 0.1) is 12.3 Å². The lowest BCUT2D eigenvalue weighted by Gasteiger charge is -2.34. The van der Waals surface area contributed by atoms with Gasteiger partial charge in [0.05, 0.1) is 30.2 Å². The van der Waals surface area contributed by atoms with Crippen molar-refractivity contribution >= 4 is 21.8 Å². The molecule has 174 valence electrons. The largest absolute Gasteiger partial charge is 0.488 e. The van der Waals surface area contributed by atoms with Crippen LogP contribution in [0.25, 0.3) is 11.0 Å². The zero-order chi connectivity index (χ0) is 22.8. The van der Waals surface area contributed by atoms with Crippen LogP contribution in [0.1, 0.15) is 25.1 Å². The molecule has 0 aliphatic carbocycles. The summed E-state index contributed by atoms with van der Waals surface area (Å²) in [5.41, 5.74) is 3.61. The fraction of sp³-hybridized carbons (Fsp3) is 0.500. The molecule has 1 atom stereocenters. The Kier molecular flexibility index (Phi) is 4.88. The molecule has 3 aromatic rings. The third-order valence-corrected chi connectivity index (χ3v) is 8.00. The number of ether oxygens (including phenoxy) is 3. The molecule has 0 radical (unpaired) electrons. The van der Waals surface area contributed by atoms with E-state index in [9.17, 15) is 4.21 Å². The van der Waals surface area contributed by atoms with Gasteiger partial charge in [0, 0.05) is 17.2 Å². The van der Waals surface area contributed by atoms with Crippen LogP contribution in [0.2, 0.25) is 0 Å².